The second-order valence-corrected chi connectivity index (χ2v) is 8.94. The summed E-state index contributed by atoms with van der Waals surface area (Å²) >= 11 is 0. The molecule has 0 aromatic carbocycles. The number of nitrogens with zero attached hydrogens (tertiary/aromatic N) is 4. The minimum Gasteiger partial charge on any atom is -0.370 e. The van der Waals surface area contributed by atoms with Crippen LogP contribution in [0.15, 0.2) is 35.4 Å². The highest BCUT2D eigenvalue weighted by molar-refractivity contribution is 5.85. The van der Waals surface area contributed by atoms with Crippen molar-refractivity contribution in [2.45, 2.75) is 38.8 Å². The average Bonchev–Trinajstić information content (AvgIpc) is 2.97. The van der Waals surface area contributed by atoms with Crippen LogP contribution >= 0.6 is 24.8 Å². The lowest BCUT2D eigenvalue weighted by Crippen LogP contribution is -2.45. The van der Waals surface area contributed by atoms with Crippen molar-refractivity contribution in [1.29, 1.82) is 0 Å². The number of aryl methyl sites for hydroxylation is 1. The molecule has 2 atom stereocenters. The molecule has 2 aromatic rings. The number of halogens is 2. The second kappa shape index (κ2) is 10.3. The van der Waals surface area contributed by atoms with Crippen molar-refractivity contribution in [3.8, 4) is 0 Å². The fourth-order valence-corrected chi connectivity index (χ4v) is 5.39. The summed E-state index contributed by atoms with van der Waals surface area (Å²) in [7, 11) is 0. The van der Waals surface area contributed by atoms with Crippen LogP contribution in [0.3, 0.4) is 0 Å². The molecule has 1 N–H and O–H groups in total. The average molecular weight is 466 g/mol. The number of aromatic nitrogens is 2. The van der Waals surface area contributed by atoms with Gasteiger partial charge in [0.15, 0.2) is 0 Å². The van der Waals surface area contributed by atoms with E-state index < -0.39 is 0 Å². The molecule has 2 aromatic heterocycles. The predicted octanol–water partition coefficient (Wildman–Crippen LogP) is 2.81. The molecule has 3 aliphatic heterocycles. The van der Waals surface area contributed by atoms with Gasteiger partial charge in [-0.1, -0.05) is 6.07 Å². The summed E-state index contributed by atoms with van der Waals surface area (Å²) in [5.41, 5.74) is 4.95. The molecule has 8 heteroatoms. The molecule has 170 valence electrons. The molecule has 2 bridgehead atoms. The molecule has 0 aliphatic carbocycles. The highest BCUT2D eigenvalue weighted by atomic mass is 35.5. The van der Waals surface area contributed by atoms with Crippen molar-refractivity contribution in [2.24, 2.45) is 5.92 Å². The van der Waals surface area contributed by atoms with Gasteiger partial charge in [0.25, 0.3) is 5.56 Å². The van der Waals surface area contributed by atoms with Gasteiger partial charge in [0, 0.05) is 81.1 Å². The Morgan fingerprint density at radius 2 is 1.97 bits per heavy atom. The summed E-state index contributed by atoms with van der Waals surface area (Å²) in [6.45, 7) is 9.89. The smallest absolute Gasteiger partial charge is 0.255 e. The molecule has 5 rings (SSSR count). The van der Waals surface area contributed by atoms with Crippen LogP contribution in [0.1, 0.15) is 35.6 Å². The molecule has 0 radical (unpaired) electrons. The van der Waals surface area contributed by atoms with Crippen molar-refractivity contribution in [2.75, 3.05) is 44.2 Å². The SMILES string of the molecule is Cc1cnccc1N1CCCN(Cc2ccc3n(c2=O)C[C@@H]2CNC[C@H]3C2)CC1.Cl.Cl. The number of fused-ring (bicyclic) bond motifs is 4. The van der Waals surface area contributed by atoms with E-state index in [1.165, 1.54) is 23.4 Å². The third kappa shape index (κ3) is 4.92. The Kier molecular flexibility index (Phi) is 8.03. The van der Waals surface area contributed by atoms with Crippen LogP contribution in [0.5, 0.6) is 0 Å². The van der Waals surface area contributed by atoms with E-state index in [1.807, 2.05) is 12.4 Å². The Labute approximate surface area is 196 Å². The van der Waals surface area contributed by atoms with E-state index >= 15 is 0 Å². The van der Waals surface area contributed by atoms with Gasteiger partial charge in [-0.15, -0.1) is 24.8 Å². The molecule has 3 aliphatic rings. The van der Waals surface area contributed by atoms with Crippen molar-refractivity contribution >= 4 is 30.5 Å². The minimum absolute atomic E-state index is 0. The van der Waals surface area contributed by atoms with Gasteiger partial charge in [-0.05, 0) is 49.9 Å². The third-order valence-electron chi connectivity index (χ3n) is 6.90. The van der Waals surface area contributed by atoms with Crippen LogP contribution in [-0.4, -0.2) is 53.7 Å². The maximum atomic E-state index is 13.2. The normalized spacial score (nSPS) is 23.2. The van der Waals surface area contributed by atoms with E-state index in [1.54, 1.807) is 0 Å². The predicted molar refractivity (Wildman–Crippen MR) is 130 cm³/mol. The summed E-state index contributed by atoms with van der Waals surface area (Å²) in [4.78, 5) is 22.4. The molecular weight excluding hydrogens is 433 g/mol. The van der Waals surface area contributed by atoms with Gasteiger partial charge in [0.2, 0.25) is 0 Å². The van der Waals surface area contributed by atoms with E-state index in [2.05, 4.69) is 49.8 Å². The number of piperidine rings is 1. The van der Waals surface area contributed by atoms with Gasteiger partial charge in [-0.25, -0.2) is 0 Å². The lowest BCUT2D eigenvalue weighted by atomic mass is 9.84. The van der Waals surface area contributed by atoms with Gasteiger partial charge in [-0.3, -0.25) is 14.7 Å². The Morgan fingerprint density at radius 3 is 2.81 bits per heavy atom. The zero-order chi connectivity index (χ0) is 19.8. The number of hydrogen-bond donors (Lipinski definition) is 1. The Bertz CT molecular complexity index is 950. The van der Waals surface area contributed by atoms with Crippen LogP contribution in [-0.2, 0) is 13.1 Å². The first kappa shape index (κ1) is 24.1. The molecule has 31 heavy (non-hydrogen) atoms. The minimum atomic E-state index is 0. The largest absolute Gasteiger partial charge is 0.370 e. The molecule has 2 fully saturated rings. The molecule has 0 spiro atoms. The number of hydrogen-bond acceptors (Lipinski definition) is 5. The number of nitrogens with one attached hydrogen (secondary N) is 1. The van der Waals surface area contributed by atoms with Crippen molar-refractivity contribution < 1.29 is 0 Å². The maximum absolute atomic E-state index is 13.2. The topological polar surface area (TPSA) is 53.4 Å². The Hall–Kier alpha value is -1.60. The van der Waals surface area contributed by atoms with Crippen LogP contribution in [0.4, 0.5) is 5.69 Å². The Balaban J connectivity index is 0.00000136. The molecule has 0 amide bonds. The highest BCUT2D eigenvalue weighted by Gasteiger charge is 2.31. The summed E-state index contributed by atoms with van der Waals surface area (Å²) in [6, 6.07) is 6.43. The standard InChI is InChI=1S/C23H31N5O.2ClH/c1-17-12-24-6-5-21(17)27-8-2-7-26(9-10-27)16-19-3-4-22-20-11-18(13-25-14-20)15-28(22)23(19)29;;/h3-6,12,18,20,25H,2,7-11,13-16H2,1H3;2*1H/t18-,20+;;/m0../s1. The molecule has 0 saturated carbocycles. The summed E-state index contributed by atoms with van der Waals surface area (Å²) in [5.74, 6) is 1.10. The van der Waals surface area contributed by atoms with Crippen molar-refractivity contribution in [3.63, 3.8) is 0 Å². The second-order valence-electron chi connectivity index (χ2n) is 8.94. The lowest BCUT2D eigenvalue weighted by molar-refractivity contribution is 0.252. The van der Waals surface area contributed by atoms with Gasteiger partial charge < -0.3 is 14.8 Å². The summed E-state index contributed by atoms with van der Waals surface area (Å²) < 4.78 is 2.08. The fourth-order valence-electron chi connectivity index (χ4n) is 5.39. The quantitative estimate of drug-likeness (QED) is 0.754. The first-order valence-corrected chi connectivity index (χ1v) is 11.0. The number of anilines is 1. The number of pyridine rings is 2. The van der Waals surface area contributed by atoms with Crippen molar-refractivity contribution in [1.82, 2.24) is 19.8 Å². The zero-order valence-corrected chi connectivity index (χ0v) is 19.8. The van der Waals surface area contributed by atoms with Gasteiger partial charge >= 0.3 is 0 Å². The van der Waals surface area contributed by atoms with Gasteiger partial charge in [0.05, 0.1) is 0 Å². The fraction of sp³-hybridized carbons (Fsp3) is 0.565. The van der Waals surface area contributed by atoms with Crippen LogP contribution < -0.4 is 15.8 Å². The highest BCUT2D eigenvalue weighted by Crippen LogP contribution is 2.31. The maximum Gasteiger partial charge on any atom is 0.255 e. The van der Waals surface area contributed by atoms with E-state index in [0.717, 1.165) is 64.3 Å². The molecule has 6 nitrogen and oxygen atoms in total. The van der Waals surface area contributed by atoms with E-state index in [4.69, 9.17) is 0 Å². The molecule has 0 unspecified atom stereocenters. The summed E-state index contributed by atoms with van der Waals surface area (Å²) in [5, 5.41) is 3.52. The van der Waals surface area contributed by atoms with E-state index in [0.29, 0.717) is 11.8 Å². The van der Waals surface area contributed by atoms with Crippen LogP contribution in [0.2, 0.25) is 0 Å². The Morgan fingerprint density at radius 1 is 1.10 bits per heavy atom. The van der Waals surface area contributed by atoms with Gasteiger partial charge in [-0.2, -0.15) is 0 Å². The number of rotatable bonds is 3. The first-order chi connectivity index (χ1) is 14.2. The first-order valence-electron chi connectivity index (χ1n) is 11.0. The van der Waals surface area contributed by atoms with Crippen LogP contribution in [0.25, 0.3) is 0 Å². The molecule has 2 saturated heterocycles. The van der Waals surface area contributed by atoms with Crippen molar-refractivity contribution in [3.05, 3.63) is 57.8 Å². The van der Waals surface area contributed by atoms with Gasteiger partial charge in [0.1, 0.15) is 0 Å². The third-order valence-corrected chi connectivity index (χ3v) is 6.90. The molecule has 5 heterocycles. The van der Waals surface area contributed by atoms with E-state index in [9.17, 15) is 4.79 Å². The lowest BCUT2D eigenvalue weighted by Gasteiger charge is -2.37. The van der Waals surface area contributed by atoms with Crippen LogP contribution in [0, 0.1) is 12.8 Å². The zero-order valence-electron chi connectivity index (χ0n) is 18.1. The molecular formula is C23H33Cl2N5O. The summed E-state index contributed by atoms with van der Waals surface area (Å²) in [6.07, 6.45) is 6.16. The monoisotopic (exact) mass is 465 g/mol. The van der Waals surface area contributed by atoms with E-state index in [-0.39, 0.29) is 30.4 Å².